The maximum absolute atomic E-state index is 9.24. The Morgan fingerprint density at radius 2 is 2.12 bits per heavy atom. The molecule has 1 N–H and O–H groups in total. The third kappa shape index (κ3) is 2.28. The van der Waals surface area contributed by atoms with Crippen LogP contribution in [0.4, 0.5) is 0 Å². The number of aromatic nitrogens is 2. The fourth-order valence-corrected chi connectivity index (χ4v) is 2.18. The van der Waals surface area contributed by atoms with Crippen LogP contribution in [0.2, 0.25) is 0 Å². The summed E-state index contributed by atoms with van der Waals surface area (Å²) in [5, 5.41) is 10.2. The minimum Gasteiger partial charge on any atom is -0.390 e. The van der Waals surface area contributed by atoms with Crippen LogP contribution in [0.15, 0.2) is 41.7 Å². The molecule has 1 aromatic heterocycles. The van der Waals surface area contributed by atoms with E-state index in [-0.39, 0.29) is 6.61 Å². The Balaban J connectivity index is 2.29. The van der Waals surface area contributed by atoms with Gasteiger partial charge in [0, 0.05) is 6.54 Å². The van der Waals surface area contributed by atoms with Gasteiger partial charge >= 0.3 is 0 Å². The van der Waals surface area contributed by atoms with Crippen molar-refractivity contribution in [3.05, 3.63) is 47.8 Å². The molecule has 0 saturated heterocycles. The predicted octanol–water partition coefficient (Wildman–Crippen LogP) is 2.15. The van der Waals surface area contributed by atoms with Crippen LogP contribution in [0.3, 0.4) is 0 Å². The highest BCUT2D eigenvalue weighted by atomic mass is 32.2. The average molecular weight is 236 g/mol. The third-order valence-corrected chi connectivity index (χ3v) is 3.12. The van der Waals surface area contributed by atoms with Gasteiger partial charge in [-0.1, -0.05) is 42.1 Å². The zero-order valence-electron chi connectivity index (χ0n) is 9.13. The Kier molecular flexibility index (Phi) is 3.64. The van der Waals surface area contributed by atoms with Crippen LogP contribution in [0, 0.1) is 0 Å². The monoisotopic (exact) mass is 236 g/mol. The van der Waals surface area contributed by atoms with Gasteiger partial charge in [-0.15, -0.1) is 0 Å². The SMILES string of the molecule is CS[14c]1ncc(CO)n1Cc1ccccc1. The molecule has 3 nitrogen and oxygen atoms in total. The number of benzene rings is 1. The Bertz CT molecular complexity index is 432. The van der Waals surface area contributed by atoms with E-state index in [0.717, 1.165) is 17.4 Å². The van der Waals surface area contributed by atoms with Crippen LogP contribution in [-0.2, 0) is 13.2 Å². The smallest absolute Gasteiger partial charge is 0.168 e. The molecule has 4 heteroatoms. The van der Waals surface area contributed by atoms with Gasteiger partial charge in [0.05, 0.1) is 18.5 Å². The number of aliphatic hydroxyl groups is 1. The first-order valence-electron chi connectivity index (χ1n) is 5.08. The van der Waals surface area contributed by atoms with Crippen molar-refractivity contribution in [1.82, 2.24) is 9.55 Å². The number of nitrogens with zero attached hydrogens (tertiary/aromatic N) is 2. The molecular weight excluding hydrogens is 222 g/mol. The fraction of sp³-hybridized carbons (Fsp3) is 0.250. The molecule has 1 aromatic carbocycles. The minimum atomic E-state index is 0.0282. The first-order valence-corrected chi connectivity index (χ1v) is 6.31. The standard InChI is InChI=1S/C12H14N2OS/c1-16-12-13-7-11(9-15)14(12)8-10-5-3-2-4-6-10/h2-7,15H,8-9H2,1H3/i12+2. The van der Waals surface area contributed by atoms with E-state index in [9.17, 15) is 5.11 Å². The molecule has 0 unspecified atom stereocenters. The normalized spacial score (nSPS) is 10.6. The summed E-state index contributed by atoms with van der Waals surface area (Å²) in [5.41, 5.74) is 2.07. The van der Waals surface area contributed by atoms with Gasteiger partial charge in [-0.2, -0.15) is 0 Å². The van der Waals surface area contributed by atoms with Crippen LogP contribution in [0.25, 0.3) is 0 Å². The van der Waals surface area contributed by atoms with Crippen LogP contribution in [-0.4, -0.2) is 20.9 Å². The van der Waals surface area contributed by atoms with E-state index in [2.05, 4.69) is 17.1 Å². The maximum atomic E-state index is 9.24. The molecule has 2 rings (SSSR count). The number of hydrogen-bond donors (Lipinski definition) is 1. The number of thioether (sulfide) groups is 1. The molecular formula is C12H14N2OS. The van der Waals surface area contributed by atoms with Crippen LogP contribution in [0.1, 0.15) is 11.3 Å². The van der Waals surface area contributed by atoms with Gasteiger partial charge in [0.15, 0.2) is 5.16 Å². The summed E-state index contributed by atoms with van der Waals surface area (Å²) in [6.45, 7) is 0.785. The Morgan fingerprint density at radius 1 is 1.38 bits per heavy atom. The molecule has 0 bridgehead atoms. The van der Waals surface area contributed by atoms with E-state index in [1.807, 2.05) is 29.0 Å². The van der Waals surface area contributed by atoms with Crippen molar-refractivity contribution in [2.24, 2.45) is 0 Å². The lowest BCUT2D eigenvalue weighted by Gasteiger charge is -2.09. The second kappa shape index (κ2) is 5.18. The summed E-state index contributed by atoms with van der Waals surface area (Å²) in [6, 6.07) is 10.2. The molecule has 1 heterocycles. The van der Waals surface area contributed by atoms with E-state index in [0.29, 0.717) is 0 Å². The first-order chi connectivity index (χ1) is 7.85. The lowest BCUT2D eigenvalue weighted by Crippen LogP contribution is -2.05. The largest absolute Gasteiger partial charge is 0.390 e. The average Bonchev–Trinajstić information content (AvgIpc) is 2.72. The molecule has 0 atom stereocenters. The Morgan fingerprint density at radius 3 is 2.75 bits per heavy atom. The summed E-state index contributed by atoms with van der Waals surface area (Å²) >= 11 is 1.59. The van der Waals surface area contributed by atoms with Crippen molar-refractivity contribution in [3.63, 3.8) is 0 Å². The van der Waals surface area contributed by atoms with Crippen LogP contribution in [0.5, 0.6) is 0 Å². The molecule has 0 saturated carbocycles. The number of rotatable bonds is 4. The maximum Gasteiger partial charge on any atom is 0.168 e. The second-order valence-electron chi connectivity index (χ2n) is 3.47. The summed E-state index contributed by atoms with van der Waals surface area (Å²) in [5.74, 6) is 0. The van der Waals surface area contributed by atoms with E-state index in [4.69, 9.17) is 0 Å². The summed E-state index contributed by atoms with van der Waals surface area (Å²) in [6.07, 6.45) is 3.72. The number of imidazole rings is 1. The minimum absolute atomic E-state index is 0.0282. The third-order valence-electron chi connectivity index (χ3n) is 2.43. The highest BCUT2D eigenvalue weighted by molar-refractivity contribution is 7.98. The van der Waals surface area contributed by atoms with Crippen molar-refractivity contribution in [2.75, 3.05) is 6.26 Å². The molecule has 0 aliphatic carbocycles. The van der Waals surface area contributed by atoms with E-state index >= 15 is 0 Å². The molecule has 0 fully saturated rings. The summed E-state index contributed by atoms with van der Waals surface area (Å²) in [7, 11) is 0. The molecule has 0 spiro atoms. The topological polar surface area (TPSA) is 38.1 Å². The van der Waals surface area contributed by atoms with Gasteiger partial charge in [0.1, 0.15) is 0 Å². The summed E-state index contributed by atoms with van der Waals surface area (Å²) in [4.78, 5) is 4.27. The fourth-order valence-electron chi connectivity index (χ4n) is 1.62. The van der Waals surface area contributed by atoms with Crippen molar-refractivity contribution in [3.8, 4) is 0 Å². The van der Waals surface area contributed by atoms with Crippen molar-refractivity contribution in [1.29, 1.82) is 0 Å². The van der Waals surface area contributed by atoms with Gasteiger partial charge < -0.3 is 9.67 Å². The van der Waals surface area contributed by atoms with E-state index in [1.54, 1.807) is 18.0 Å². The van der Waals surface area contributed by atoms with Gasteiger partial charge in [-0.05, 0) is 11.8 Å². The van der Waals surface area contributed by atoms with Gasteiger partial charge in [0.2, 0.25) is 0 Å². The molecule has 16 heavy (non-hydrogen) atoms. The van der Waals surface area contributed by atoms with E-state index < -0.39 is 0 Å². The lowest BCUT2D eigenvalue weighted by molar-refractivity contribution is 0.270. The molecule has 2 aromatic rings. The molecule has 0 aliphatic rings. The Labute approximate surface area is 99.1 Å². The Hall–Kier alpha value is -1.26. The molecule has 84 valence electrons. The van der Waals surface area contributed by atoms with E-state index in [1.165, 1.54) is 5.56 Å². The highest BCUT2D eigenvalue weighted by Gasteiger charge is 2.08. The molecule has 0 radical (unpaired) electrons. The quantitative estimate of drug-likeness (QED) is 0.827. The zero-order chi connectivity index (χ0) is 11.4. The van der Waals surface area contributed by atoms with Gasteiger partial charge in [-0.3, -0.25) is 0 Å². The van der Waals surface area contributed by atoms with Gasteiger partial charge in [0.25, 0.3) is 0 Å². The van der Waals surface area contributed by atoms with Crippen LogP contribution >= 0.6 is 11.8 Å². The number of aliphatic hydroxyl groups excluding tert-OH is 1. The summed E-state index contributed by atoms with van der Waals surface area (Å²) < 4.78 is 2.04. The number of hydrogen-bond acceptors (Lipinski definition) is 3. The zero-order valence-corrected chi connectivity index (χ0v) is 9.94. The first kappa shape index (κ1) is 11.2. The molecule has 0 amide bonds. The second-order valence-corrected chi connectivity index (χ2v) is 4.24. The predicted molar refractivity (Wildman–Crippen MR) is 65.5 cm³/mol. The van der Waals surface area contributed by atoms with Gasteiger partial charge in [-0.25, -0.2) is 4.98 Å². The highest BCUT2D eigenvalue weighted by Crippen LogP contribution is 2.17. The van der Waals surface area contributed by atoms with Crippen molar-refractivity contribution < 1.29 is 5.11 Å². The molecule has 0 aliphatic heterocycles. The lowest BCUT2D eigenvalue weighted by atomic mass is 10.2. The van der Waals surface area contributed by atoms with Crippen molar-refractivity contribution >= 4 is 11.8 Å². The van der Waals surface area contributed by atoms with Crippen LogP contribution < -0.4 is 0 Å². The van der Waals surface area contributed by atoms with Crippen molar-refractivity contribution in [2.45, 2.75) is 18.3 Å².